The molecule has 2 aromatic heterocycles. The second-order valence-corrected chi connectivity index (χ2v) is 29.8. The molecule has 15 aromatic carbocycles. The molecule has 0 aliphatic rings. The maximum atomic E-state index is 16.3. The normalized spacial score (nSPS) is 12.4. The molecular weight excluding hydrogens is 1180 g/mol. The zero-order chi connectivity index (χ0) is 62.7. The summed E-state index contributed by atoms with van der Waals surface area (Å²) < 4.78 is 36.1. The van der Waals surface area contributed by atoms with E-state index in [1.54, 1.807) is 0 Å². The predicted octanol–water partition coefficient (Wildman–Crippen LogP) is 20.6. The zero-order valence-electron chi connectivity index (χ0n) is 51.2. The Balaban J connectivity index is 0.664. The van der Waals surface area contributed by atoms with Gasteiger partial charge in [-0.3, -0.25) is 0 Å². The lowest BCUT2D eigenvalue weighted by atomic mass is 9.97. The van der Waals surface area contributed by atoms with Crippen LogP contribution < -0.4 is 31.8 Å². The van der Waals surface area contributed by atoms with E-state index in [4.69, 9.17) is 0 Å². The fraction of sp³-hybridized carbons (Fsp3) is 0. The van der Waals surface area contributed by atoms with Gasteiger partial charge in [0, 0.05) is 64.7 Å². The Morgan fingerprint density at radius 1 is 0.202 bits per heavy atom. The van der Waals surface area contributed by atoms with E-state index in [0.29, 0.717) is 0 Å². The lowest BCUT2D eigenvalue weighted by molar-refractivity contribution is 0.591. The first-order valence-corrected chi connectivity index (χ1v) is 35.3. The van der Waals surface area contributed by atoms with Crippen molar-refractivity contribution in [2.45, 2.75) is 0 Å². The molecule has 0 bridgehead atoms. The second-order valence-electron chi connectivity index (χ2n) is 24.2. The molecule has 0 radical (unpaired) electrons. The van der Waals surface area contributed by atoms with Crippen molar-refractivity contribution in [3.05, 3.63) is 364 Å². The fourth-order valence-corrected chi connectivity index (χ4v) is 19.5. The highest BCUT2D eigenvalue weighted by Gasteiger charge is 2.32. The van der Waals surface area contributed by atoms with Crippen molar-refractivity contribution in [2.24, 2.45) is 0 Å². The lowest BCUT2D eigenvalue weighted by Crippen LogP contribution is -2.25. The van der Waals surface area contributed by atoms with Gasteiger partial charge in [-0.15, -0.1) is 0 Å². The molecule has 0 saturated heterocycles. The summed E-state index contributed by atoms with van der Waals surface area (Å²) in [6, 6.07) is 127. The van der Waals surface area contributed by atoms with Crippen molar-refractivity contribution in [1.29, 1.82) is 0 Å². The second kappa shape index (κ2) is 23.4. The first-order valence-electron chi connectivity index (χ1n) is 31.9. The van der Waals surface area contributed by atoms with E-state index in [-0.39, 0.29) is 0 Å². The molecule has 0 amide bonds. The van der Waals surface area contributed by atoms with Gasteiger partial charge < -0.3 is 18.3 Å². The minimum atomic E-state index is -3.38. The van der Waals surface area contributed by atoms with Crippen LogP contribution in [-0.4, -0.2) is 9.13 Å². The van der Waals surface area contributed by atoms with Gasteiger partial charge >= 0.3 is 0 Å². The summed E-state index contributed by atoms with van der Waals surface area (Å²) >= 11 is 0. The minimum Gasteiger partial charge on any atom is -0.309 e. The van der Waals surface area contributed by atoms with Gasteiger partial charge in [0.25, 0.3) is 0 Å². The van der Waals surface area contributed by atoms with Crippen molar-refractivity contribution in [3.8, 4) is 67.0 Å². The summed E-state index contributed by atoms with van der Waals surface area (Å²) in [4.78, 5) is 0. The molecule has 94 heavy (non-hydrogen) atoms. The Kier molecular flexibility index (Phi) is 14.1. The molecule has 0 spiro atoms. The first kappa shape index (κ1) is 56.6. The summed E-state index contributed by atoms with van der Waals surface area (Å²) in [5.74, 6) is 0. The van der Waals surface area contributed by atoms with E-state index in [9.17, 15) is 0 Å². The molecule has 0 aliphatic heterocycles. The third-order valence-corrected chi connectivity index (χ3v) is 25.0. The van der Waals surface area contributed by atoms with Crippen molar-refractivity contribution in [3.63, 3.8) is 0 Å². The Hall–Kier alpha value is -11.4. The molecular formula is C88H60N2O2P2. The molecule has 0 fully saturated rings. The van der Waals surface area contributed by atoms with Crippen LogP contribution in [0.1, 0.15) is 0 Å². The third-order valence-electron chi connectivity index (χ3n) is 18.9. The Morgan fingerprint density at radius 3 is 1.17 bits per heavy atom. The van der Waals surface area contributed by atoms with E-state index >= 15 is 9.13 Å². The molecule has 17 aromatic rings. The van der Waals surface area contributed by atoms with Gasteiger partial charge in [-0.1, -0.05) is 297 Å². The van der Waals surface area contributed by atoms with E-state index in [2.05, 4.69) is 258 Å². The van der Waals surface area contributed by atoms with Crippen LogP contribution in [0.15, 0.2) is 364 Å². The van der Waals surface area contributed by atoms with Crippen LogP contribution in [0.2, 0.25) is 0 Å². The number of nitrogens with zero attached hydrogens (tertiary/aromatic N) is 2. The monoisotopic (exact) mass is 1240 g/mol. The quantitative estimate of drug-likeness (QED) is 0.108. The van der Waals surface area contributed by atoms with Crippen LogP contribution >= 0.6 is 14.3 Å². The van der Waals surface area contributed by atoms with Gasteiger partial charge in [0.1, 0.15) is 0 Å². The average molecular weight is 1240 g/mol. The zero-order valence-corrected chi connectivity index (χ0v) is 53.0. The number of hydrogen-bond acceptors (Lipinski definition) is 2. The molecule has 0 aliphatic carbocycles. The highest BCUT2D eigenvalue weighted by Crippen LogP contribution is 2.46. The topological polar surface area (TPSA) is 44.0 Å². The van der Waals surface area contributed by atoms with Crippen LogP contribution in [0.4, 0.5) is 0 Å². The fourth-order valence-electron chi connectivity index (χ4n) is 14.2. The Morgan fingerprint density at radius 2 is 0.574 bits per heavy atom. The van der Waals surface area contributed by atoms with Crippen molar-refractivity contribution < 1.29 is 9.13 Å². The number of para-hydroxylation sites is 2. The van der Waals surface area contributed by atoms with Crippen molar-refractivity contribution in [1.82, 2.24) is 9.13 Å². The van der Waals surface area contributed by atoms with Gasteiger partial charge in [0.2, 0.25) is 0 Å². The van der Waals surface area contributed by atoms with Crippen LogP contribution in [0.3, 0.4) is 0 Å². The highest BCUT2D eigenvalue weighted by molar-refractivity contribution is 7.85. The van der Waals surface area contributed by atoms with Crippen molar-refractivity contribution >= 4 is 100 Å². The van der Waals surface area contributed by atoms with E-state index in [0.717, 1.165) is 110 Å². The molecule has 0 N–H and O–H groups in total. The minimum absolute atomic E-state index is 0.775. The predicted molar refractivity (Wildman–Crippen MR) is 399 cm³/mol. The maximum Gasteiger partial charge on any atom is 0.171 e. The molecule has 0 saturated carbocycles. The van der Waals surface area contributed by atoms with Gasteiger partial charge in [0.05, 0.1) is 22.1 Å². The maximum absolute atomic E-state index is 16.3. The summed E-state index contributed by atoms with van der Waals surface area (Å²) in [6.07, 6.45) is 0. The van der Waals surface area contributed by atoms with E-state index in [1.807, 2.05) is 115 Å². The summed E-state index contributed by atoms with van der Waals surface area (Å²) in [7, 11) is -6.47. The summed E-state index contributed by atoms with van der Waals surface area (Å²) in [5.41, 5.74) is 17.6. The smallest absolute Gasteiger partial charge is 0.171 e. The van der Waals surface area contributed by atoms with Gasteiger partial charge in [-0.2, -0.15) is 0 Å². The van der Waals surface area contributed by atoms with E-state index in [1.165, 1.54) is 43.4 Å². The van der Waals surface area contributed by atoms with Crippen molar-refractivity contribution in [2.75, 3.05) is 0 Å². The lowest BCUT2D eigenvalue weighted by Gasteiger charge is -2.21. The highest BCUT2D eigenvalue weighted by atomic mass is 31.2. The molecule has 2 heterocycles. The van der Waals surface area contributed by atoms with Crippen LogP contribution in [0.25, 0.3) is 121 Å². The number of fused-ring (bicyclic) bond motifs is 7. The SMILES string of the molecule is O=P(c1ccccc1)(c1ccccc1)c1ccc(-c2ccc(-c3cccc4c3c3ccccc3n4-c3cccc(-c4cccc(P(=O)(c5ccccc5)c5ccc(-c6ccc(-c7ccc8c(c7)c7cc9ccccc9cc7n8-c7ccccc7)cc6)cc5)c4)c3)cc2)cc1. The molecule has 17 rings (SSSR count). The third kappa shape index (κ3) is 9.69. The van der Waals surface area contributed by atoms with Gasteiger partial charge in [0.15, 0.2) is 14.3 Å². The molecule has 1 atom stereocenters. The largest absolute Gasteiger partial charge is 0.309 e. The average Bonchev–Trinajstić information content (AvgIpc) is 1.54. The Labute approximate surface area is 546 Å². The number of benzene rings is 15. The molecule has 4 nitrogen and oxygen atoms in total. The molecule has 444 valence electrons. The van der Waals surface area contributed by atoms with Crippen LogP contribution in [0, 0.1) is 0 Å². The van der Waals surface area contributed by atoms with Crippen LogP contribution in [-0.2, 0) is 9.13 Å². The summed E-state index contributed by atoms with van der Waals surface area (Å²) in [5, 5.41) is 12.0. The number of rotatable bonds is 13. The van der Waals surface area contributed by atoms with E-state index < -0.39 is 14.3 Å². The number of aromatic nitrogens is 2. The molecule has 1 unspecified atom stereocenters. The Bertz CT molecular complexity index is 5760. The van der Waals surface area contributed by atoms with Crippen LogP contribution in [0.5, 0.6) is 0 Å². The molecule has 6 heteroatoms. The standard InChI is InChI=1S/C88H60N2O2P2/c91-93(74-27-7-2-8-28-74,75-29-9-3-10-30-75)77-51-46-64(47-52-77)62-42-44-66(45-43-62)80-35-19-37-86-88(80)81-34-15-16-36-84(81)90(86)73-26-17-22-67(56-73)68-23-18-33-79(57-68)94(92,76-31-11-4-12-32-76)78-53-48-63(49-54-78)61-38-40-65(41-39-61)71-50-55-85-82(59-71)83-58-69-20-13-14-21-70(69)60-87(83)89(85)72-24-5-1-6-25-72/h1-60H. The van der Waals surface area contributed by atoms with Gasteiger partial charge in [-0.05, 0) is 133 Å². The first-order chi connectivity index (χ1) is 46.3. The summed E-state index contributed by atoms with van der Waals surface area (Å²) in [6.45, 7) is 0. The van der Waals surface area contributed by atoms with Gasteiger partial charge in [-0.25, -0.2) is 0 Å². The number of hydrogen-bond donors (Lipinski definition) is 0.